The number of nitro groups is 1. The smallest absolute Gasteiger partial charge is 0.270 e. The lowest BCUT2D eigenvalue weighted by Gasteiger charge is -2.19. The van der Waals surface area contributed by atoms with E-state index in [0.29, 0.717) is 21.9 Å². The molecule has 0 atom stereocenters. The van der Waals surface area contributed by atoms with E-state index in [1.165, 1.54) is 40.4 Å². The lowest BCUT2D eigenvalue weighted by Crippen LogP contribution is -2.29. The van der Waals surface area contributed by atoms with Gasteiger partial charge >= 0.3 is 0 Å². The Bertz CT molecular complexity index is 1490. The van der Waals surface area contributed by atoms with Gasteiger partial charge < -0.3 is 0 Å². The second-order valence-electron chi connectivity index (χ2n) is 7.62. The van der Waals surface area contributed by atoms with Crippen LogP contribution in [0.4, 0.5) is 10.8 Å². The first kappa shape index (κ1) is 21.2. The number of fused-ring (bicyclic) bond motifs is 2. The van der Waals surface area contributed by atoms with Crippen LogP contribution in [0.1, 0.15) is 27.7 Å². The van der Waals surface area contributed by atoms with Gasteiger partial charge in [0, 0.05) is 22.2 Å². The molecule has 0 saturated carbocycles. The Balaban J connectivity index is 1.57. The van der Waals surface area contributed by atoms with Crippen LogP contribution in [-0.4, -0.2) is 15.8 Å². The van der Waals surface area contributed by atoms with Crippen LogP contribution in [0.15, 0.2) is 72.8 Å². The summed E-state index contributed by atoms with van der Waals surface area (Å²) in [5, 5.41) is 12.5. The van der Waals surface area contributed by atoms with Gasteiger partial charge in [-0.25, -0.2) is 4.98 Å². The Morgan fingerprint density at radius 1 is 0.970 bits per heavy atom. The number of non-ortho nitro benzene ring substituents is 1. The molecule has 0 saturated heterocycles. The van der Waals surface area contributed by atoms with Gasteiger partial charge in [-0.3, -0.25) is 19.8 Å². The van der Waals surface area contributed by atoms with Crippen molar-refractivity contribution in [1.82, 2.24) is 4.98 Å². The number of hydrogen-bond acceptors (Lipinski definition) is 6. The largest absolute Gasteiger partial charge is 0.279 e. The average molecular weight is 474 g/mol. The highest BCUT2D eigenvalue weighted by atomic mass is 32.1. The van der Waals surface area contributed by atoms with Crippen LogP contribution in [0, 0.1) is 10.1 Å². The van der Waals surface area contributed by atoms with Gasteiger partial charge in [0.1, 0.15) is 0 Å². The molecule has 6 nitrogen and oxygen atoms in total. The molecule has 2 heterocycles. The Morgan fingerprint density at radius 3 is 2.55 bits per heavy atom. The zero-order valence-electron chi connectivity index (χ0n) is 17.7. The minimum atomic E-state index is -0.425. The van der Waals surface area contributed by atoms with Crippen LogP contribution in [0.25, 0.3) is 20.3 Å². The van der Waals surface area contributed by atoms with Gasteiger partial charge in [0.15, 0.2) is 5.13 Å². The van der Waals surface area contributed by atoms with Gasteiger partial charge in [0.05, 0.1) is 26.6 Å². The quantitative estimate of drug-likeness (QED) is 0.200. The molecular formula is C25H19N3O3S2. The number of benzene rings is 3. The van der Waals surface area contributed by atoms with Crippen molar-refractivity contribution >= 4 is 59.7 Å². The number of anilines is 1. The van der Waals surface area contributed by atoms with E-state index in [9.17, 15) is 14.9 Å². The molecule has 3 aromatic carbocycles. The van der Waals surface area contributed by atoms with Gasteiger partial charge in [-0.2, -0.15) is 0 Å². The topological polar surface area (TPSA) is 76.3 Å². The molecule has 0 radical (unpaired) electrons. The summed E-state index contributed by atoms with van der Waals surface area (Å²) < 4.78 is 1.88. The summed E-state index contributed by atoms with van der Waals surface area (Å²) in [5.74, 6) is -0.169. The maximum atomic E-state index is 13.7. The van der Waals surface area contributed by atoms with E-state index < -0.39 is 4.92 Å². The van der Waals surface area contributed by atoms with Crippen molar-refractivity contribution in [2.75, 3.05) is 4.90 Å². The highest BCUT2D eigenvalue weighted by Gasteiger charge is 2.24. The molecular weight excluding hydrogens is 454 g/mol. The molecule has 5 aromatic rings. The fraction of sp³-hybridized carbons (Fsp3) is 0.120. The number of thiazole rings is 1. The standard InChI is InChI=1S/C25H19N3O3S2/c1-2-16-8-10-20-22(12-16)33-25(26-20)27(15-17-6-4-3-5-7-17)24(29)23-14-18-13-19(28(30)31)9-11-21(18)32-23/h3-14H,2,15H2,1H3. The summed E-state index contributed by atoms with van der Waals surface area (Å²) in [4.78, 5) is 31.4. The summed E-state index contributed by atoms with van der Waals surface area (Å²) in [5.41, 5.74) is 3.10. The SMILES string of the molecule is CCc1ccc2nc(N(Cc3ccccc3)C(=O)c3cc4cc([N+](=O)[O-])ccc4s3)sc2c1. The van der Waals surface area contributed by atoms with E-state index in [0.717, 1.165) is 26.9 Å². The average Bonchev–Trinajstić information content (AvgIpc) is 3.45. The number of nitrogens with zero attached hydrogens (tertiary/aromatic N) is 3. The molecule has 0 unspecified atom stereocenters. The van der Waals surface area contributed by atoms with Gasteiger partial charge in [-0.05, 0) is 41.8 Å². The lowest BCUT2D eigenvalue weighted by atomic mass is 10.2. The minimum Gasteiger partial charge on any atom is -0.279 e. The number of nitro benzene ring substituents is 1. The second-order valence-corrected chi connectivity index (χ2v) is 9.71. The van der Waals surface area contributed by atoms with Crippen molar-refractivity contribution in [3.05, 3.63) is 98.9 Å². The van der Waals surface area contributed by atoms with Crippen molar-refractivity contribution in [2.24, 2.45) is 0 Å². The zero-order valence-corrected chi connectivity index (χ0v) is 19.4. The number of carbonyl (C=O) groups is 1. The van der Waals surface area contributed by atoms with Crippen molar-refractivity contribution in [3.63, 3.8) is 0 Å². The van der Waals surface area contributed by atoms with Crippen LogP contribution in [0.2, 0.25) is 0 Å². The first-order chi connectivity index (χ1) is 16.0. The van der Waals surface area contributed by atoms with E-state index >= 15 is 0 Å². The Hall–Kier alpha value is -3.62. The van der Waals surface area contributed by atoms with Crippen LogP contribution < -0.4 is 4.90 Å². The van der Waals surface area contributed by atoms with E-state index in [1.54, 1.807) is 17.0 Å². The molecule has 0 bridgehead atoms. The number of aryl methyl sites for hydroxylation is 1. The number of hydrogen-bond donors (Lipinski definition) is 0. The van der Waals surface area contributed by atoms with Crippen LogP contribution in [0.5, 0.6) is 0 Å². The molecule has 2 aromatic heterocycles. The van der Waals surface area contributed by atoms with Crippen molar-refractivity contribution in [2.45, 2.75) is 19.9 Å². The minimum absolute atomic E-state index is 0.0124. The highest BCUT2D eigenvalue weighted by molar-refractivity contribution is 7.23. The molecule has 8 heteroatoms. The number of rotatable bonds is 6. The summed E-state index contributed by atoms with van der Waals surface area (Å²) in [6, 6.07) is 22.4. The third-order valence-electron chi connectivity index (χ3n) is 5.43. The van der Waals surface area contributed by atoms with E-state index in [-0.39, 0.29) is 11.6 Å². The van der Waals surface area contributed by atoms with Crippen LogP contribution in [-0.2, 0) is 13.0 Å². The Labute approximate surface area is 197 Å². The van der Waals surface area contributed by atoms with Gasteiger partial charge in [0.25, 0.3) is 11.6 Å². The third kappa shape index (κ3) is 4.22. The molecule has 164 valence electrons. The number of amides is 1. The predicted molar refractivity (Wildman–Crippen MR) is 134 cm³/mol. The number of aromatic nitrogens is 1. The molecule has 33 heavy (non-hydrogen) atoms. The molecule has 0 aliphatic carbocycles. The van der Waals surface area contributed by atoms with Crippen molar-refractivity contribution in [1.29, 1.82) is 0 Å². The van der Waals surface area contributed by atoms with Gasteiger partial charge in [0.2, 0.25) is 0 Å². The molecule has 0 fully saturated rings. The fourth-order valence-electron chi connectivity index (χ4n) is 3.67. The molecule has 1 amide bonds. The van der Waals surface area contributed by atoms with Crippen molar-refractivity contribution < 1.29 is 9.72 Å². The summed E-state index contributed by atoms with van der Waals surface area (Å²) in [6.45, 7) is 2.49. The molecule has 5 rings (SSSR count). The highest BCUT2D eigenvalue weighted by Crippen LogP contribution is 2.34. The maximum absolute atomic E-state index is 13.7. The third-order valence-corrected chi connectivity index (χ3v) is 7.58. The second kappa shape index (κ2) is 8.73. The normalized spacial score (nSPS) is 11.2. The number of thiophene rings is 1. The molecule has 0 aliphatic heterocycles. The summed E-state index contributed by atoms with van der Waals surface area (Å²) in [6.07, 6.45) is 0.934. The maximum Gasteiger partial charge on any atom is 0.270 e. The molecule has 0 N–H and O–H groups in total. The predicted octanol–water partition coefficient (Wildman–Crippen LogP) is 6.83. The Morgan fingerprint density at radius 2 is 1.79 bits per heavy atom. The summed E-state index contributed by atoms with van der Waals surface area (Å²) >= 11 is 2.84. The zero-order chi connectivity index (χ0) is 22.9. The van der Waals surface area contributed by atoms with Gasteiger partial charge in [-0.15, -0.1) is 11.3 Å². The summed E-state index contributed by atoms with van der Waals surface area (Å²) in [7, 11) is 0. The monoisotopic (exact) mass is 473 g/mol. The Kier molecular flexibility index (Phi) is 5.62. The van der Waals surface area contributed by atoms with Crippen LogP contribution in [0.3, 0.4) is 0 Å². The molecule has 0 spiro atoms. The van der Waals surface area contributed by atoms with E-state index in [4.69, 9.17) is 4.98 Å². The lowest BCUT2D eigenvalue weighted by molar-refractivity contribution is -0.384. The number of carbonyl (C=O) groups excluding carboxylic acids is 1. The van der Waals surface area contributed by atoms with E-state index in [1.807, 2.05) is 36.4 Å². The first-order valence-corrected chi connectivity index (χ1v) is 12.1. The first-order valence-electron chi connectivity index (χ1n) is 10.4. The molecule has 0 aliphatic rings. The fourth-order valence-corrected chi connectivity index (χ4v) is 5.69. The van der Waals surface area contributed by atoms with Crippen LogP contribution >= 0.6 is 22.7 Å². The van der Waals surface area contributed by atoms with Gasteiger partial charge in [-0.1, -0.05) is 54.7 Å². The van der Waals surface area contributed by atoms with Crippen molar-refractivity contribution in [3.8, 4) is 0 Å². The van der Waals surface area contributed by atoms with E-state index in [2.05, 4.69) is 19.1 Å².